The normalized spacial score (nSPS) is 19.2. The molecule has 0 bridgehead atoms. The van der Waals surface area contributed by atoms with Gasteiger partial charge in [-0.3, -0.25) is 0 Å². The van der Waals surface area contributed by atoms with Gasteiger partial charge in [0.15, 0.2) is 0 Å². The largest absolute Gasteiger partial charge is 0.466 e. The van der Waals surface area contributed by atoms with Crippen LogP contribution >= 0.6 is 0 Å². The fraction of sp³-hybridized carbons (Fsp3) is 0.462. The molecule has 0 aromatic rings. The Labute approximate surface area is 111 Å². The topological polar surface area (TPSA) is 88.4 Å². The quantitative estimate of drug-likeness (QED) is 0.749. The molecular weight excluding hydrogens is 248 g/mol. The number of rotatable bonds is 2. The molecule has 6 heteroatoms. The lowest BCUT2D eigenvalue weighted by molar-refractivity contribution is -0.138. The first-order valence-electron chi connectivity index (χ1n) is 5.70. The summed E-state index contributed by atoms with van der Waals surface area (Å²) in [7, 11) is 2.53. The number of hydrogen-bond acceptors (Lipinski definition) is 6. The van der Waals surface area contributed by atoms with Crippen LogP contribution in [0.1, 0.15) is 20.3 Å². The second-order valence-corrected chi connectivity index (χ2v) is 4.14. The van der Waals surface area contributed by atoms with Crippen LogP contribution in [0.4, 0.5) is 0 Å². The Morgan fingerprint density at radius 2 is 1.79 bits per heavy atom. The minimum atomic E-state index is -0.744. The molecule has 1 unspecified atom stereocenters. The van der Waals surface area contributed by atoms with Gasteiger partial charge in [0.1, 0.15) is 0 Å². The summed E-state index contributed by atoms with van der Waals surface area (Å²) >= 11 is 0. The molecular formula is C13H16N2O4. The third-order valence-electron chi connectivity index (χ3n) is 2.98. The first kappa shape index (κ1) is 14.8. The van der Waals surface area contributed by atoms with Crippen LogP contribution in [0.5, 0.6) is 0 Å². The van der Waals surface area contributed by atoms with Gasteiger partial charge in [0, 0.05) is 17.8 Å². The van der Waals surface area contributed by atoms with Crippen molar-refractivity contribution in [2.75, 3.05) is 14.2 Å². The van der Waals surface area contributed by atoms with Crippen molar-refractivity contribution in [2.24, 2.45) is 5.92 Å². The monoisotopic (exact) mass is 264 g/mol. The van der Waals surface area contributed by atoms with Crippen molar-refractivity contribution in [3.05, 3.63) is 22.5 Å². The SMILES string of the molecule is COC(=O)C1=C(C)NC(C)=C(C(=O)OC)C(C#N)C1. The molecule has 1 heterocycles. The maximum Gasteiger partial charge on any atom is 0.336 e. The summed E-state index contributed by atoms with van der Waals surface area (Å²) in [6.07, 6.45) is 0.115. The van der Waals surface area contributed by atoms with Gasteiger partial charge in [0.25, 0.3) is 0 Å². The predicted molar refractivity (Wildman–Crippen MR) is 66.3 cm³/mol. The molecule has 1 rings (SSSR count). The second-order valence-electron chi connectivity index (χ2n) is 4.14. The zero-order valence-electron chi connectivity index (χ0n) is 11.4. The molecule has 19 heavy (non-hydrogen) atoms. The molecule has 0 saturated heterocycles. The molecule has 0 spiro atoms. The molecule has 0 amide bonds. The van der Waals surface area contributed by atoms with Gasteiger partial charge in [0.2, 0.25) is 0 Å². The first-order valence-corrected chi connectivity index (χ1v) is 5.70. The molecule has 0 fully saturated rings. The van der Waals surface area contributed by atoms with Crippen LogP contribution in [-0.4, -0.2) is 26.2 Å². The van der Waals surface area contributed by atoms with E-state index in [0.717, 1.165) is 0 Å². The maximum absolute atomic E-state index is 11.7. The van der Waals surface area contributed by atoms with Crippen LogP contribution in [0, 0.1) is 17.2 Å². The summed E-state index contributed by atoms with van der Waals surface area (Å²) < 4.78 is 9.37. The first-order chi connectivity index (χ1) is 8.96. The van der Waals surface area contributed by atoms with Crippen LogP contribution in [0.3, 0.4) is 0 Å². The van der Waals surface area contributed by atoms with Crippen molar-refractivity contribution in [2.45, 2.75) is 20.3 Å². The van der Waals surface area contributed by atoms with Crippen LogP contribution in [-0.2, 0) is 19.1 Å². The number of carbonyl (C=O) groups excluding carboxylic acids is 2. The van der Waals surface area contributed by atoms with Crippen molar-refractivity contribution in [1.82, 2.24) is 5.32 Å². The zero-order valence-corrected chi connectivity index (χ0v) is 11.4. The van der Waals surface area contributed by atoms with Gasteiger partial charge in [0.05, 0.1) is 37.4 Å². The second kappa shape index (κ2) is 6.05. The Balaban J connectivity index is 3.26. The number of hydrogen-bond donors (Lipinski definition) is 1. The Kier molecular flexibility index (Phi) is 4.70. The van der Waals surface area contributed by atoms with Gasteiger partial charge in [-0.25, -0.2) is 9.59 Å². The lowest BCUT2D eigenvalue weighted by atomic mass is 9.92. The highest BCUT2D eigenvalue weighted by Gasteiger charge is 2.31. The summed E-state index contributed by atoms with van der Waals surface area (Å²) in [6.45, 7) is 3.37. The smallest absolute Gasteiger partial charge is 0.336 e. The molecule has 1 atom stereocenters. The molecule has 1 aliphatic heterocycles. The average molecular weight is 264 g/mol. The van der Waals surface area contributed by atoms with Crippen molar-refractivity contribution in [3.63, 3.8) is 0 Å². The van der Waals surface area contributed by atoms with Crippen molar-refractivity contribution in [3.8, 4) is 6.07 Å². The van der Waals surface area contributed by atoms with E-state index in [9.17, 15) is 14.9 Å². The Hall–Kier alpha value is -2.29. The lowest BCUT2D eigenvalue weighted by Gasteiger charge is -2.12. The van der Waals surface area contributed by atoms with E-state index in [1.54, 1.807) is 13.8 Å². The van der Waals surface area contributed by atoms with Crippen LogP contribution < -0.4 is 5.32 Å². The number of allylic oxidation sites excluding steroid dienone is 2. The van der Waals surface area contributed by atoms with Gasteiger partial charge >= 0.3 is 11.9 Å². The van der Waals surface area contributed by atoms with E-state index in [4.69, 9.17) is 0 Å². The number of methoxy groups -OCH3 is 2. The molecule has 0 radical (unpaired) electrons. The Morgan fingerprint density at radius 1 is 1.21 bits per heavy atom. The fourth-order valence-electron chi connectivity index (χ4n) is 2.02. The Morgan fingerprint density at radius 3 is 2.26 bits per heavy atom. The van der Waals surface area contributed by atoms with Crippen LogP contribution in [0.2, 0.25) is 0 Å². The van der Waals surface area contributed by atoms with E-state index in [1.807, 2.05) is 6.07 Å². The number of ether oxygens (including phenoxy) is 2. The number of carbonyl (C=O) groups is 2. The standard InChI is InChI=1S/C13H16N2O4/c1-7-10(12(16)18-3)5-9(6-14)11(8(2)15-7)13(17)19-4/h9,15H,5H2,1-4H3. The fourth-order valence-corrected chi connectivity index (χ4v) is 2.02. The minimum Gasteiger partial charge on any atom is -0.466 e. The molecule has 102 valence electrons. The summed E-state index contributed by atoms with van der Waals surface area (Å²) in [4.78, 5) is 23.4. The van der Waals surface area contributed by atoms with Gasteiger partial charge in [-0.1, -0.05) is 0 Å². The maximum atomic E-state index is 11.7. The number of nitrogens with one attached hydrogen (secondary N) is 1. The molecule has 0 aromatic heterocycles. The van der Waals surface area contributed by atoms with Gasteiger partial charge in [-0.05, 0) is 13.8 Å². The van der Waals surface area contributed by atoms with Crippen molar-refractivity contribution in [1.29, 1.82) is 5.26 Å². The summed E-state index contributed by atoms with van der Waals surface area (Å²) in [5.41, 5.74) is 1.67. The third kappa shape index (κ3) is 2.94. The molecule has 1 aliphatic rings. The average Bonchev–Trinajstić information content (AvgIpc) is 2.52. The predicted octanol–water partition coefficient (Wildman–Crippen LogP) is 1.01. The summed E-state index contributed by atoms with van der Waals surface area (Å²) in [5.74, 6) is -1.83. The van der Waals surface area contributed by atoms with Crippen LogP contribution in [0.25, 0.3) is 0 Å². The van der Waals surface area contributed by atoms with E-state index in [-0.39, 0.29) is 12.0 Å². The van der Waals surface area contributed by atoms with Crippen molar-refractivity contribution >= 4 is 11.9 Å². The van der Waals surface area contributed by atoms with Gasteiger partial charge < -0.3 is 14.8 Å². The van der Waals surface area contributed by atoms with E-state index >= 15 is 0 Å². The Bertz CT molecular complexity index is 511. The molecule has 6 nitrogen and oxygen atoms in total. The molecule has 0 aliphatic carbocycles. The number of nitrogens with zero attached hydrogens (tertiary/aromatic N) is 1. The third-order valence-corrected chi connectivity index (χ3v) is 2.98. The highest BCUT2D eigenvalue weighted by molar-refractivity contribution is 5.93. The van der Waals surface area contributed by atoms with Gasteiger partial charge in [-0.15, -0.1) is 0 Å². The molecule has 0 aromatic carbocycles. The minimum absolute atomic E-state index is 0.115. The lowest BCUT2D eigenvalue weighted by Crippen LogP contribution is -2.18. The summed E-state index contributed by atoms with van der Waals surface area (Å²) in [6, 6.07) is 2.03. The van der Waals surface area contributed by atoms with E-state index in [0.29, 0.717) is 17.0 Å². The summed E-state index contributed by atoms with van der Waals surface area (Å²) in [5, 5.41) is 12.2. The highest BCUT2D eigenvalue weighted by Crippen LogP contribution is 2.28. The van der Waals surface area contributed by atoms with Gasteiger partial charge in [-0.2, -0.15) is 5.26 Å². The van der Waals surface area contributed by atoms with E-state index in [1.165, 1.54) is 14.2 Å². The number of nitriles is 1. The zero-order chi connectivity index (χ0) is 14.6. The van der Waals surface area contributed by atoms with Crippen LogP contribution in [0.15, 0.2) is 22.5 Å². The van der Waals surface area contributed by atoms with E-state index in [2.05, 4.69) is 14.8 Å². The number of esters is 2. The van der Waals surface area contributed by atoms with Crippen molar-refractivity contribution < 1.29 is 19.1 Å². The highest BCUT2D eigenvalue weighted by atomic mass is 16.5. The molecule has 0 saturated carbocycles. The van der Waals surface area contributed by atoms with E-state index < -0.39 is 17.9 Å². The molecule has 1 N–H and O–H groups in total.